The largest absolute Gasteiger partial charge is 0.409 e. The average Bonchev–Trinajstić information content (AvgIpc) is 2.89. The molecule has 0 spiro atoms. The first-order chi connectivity index (χ1) is 8.54. The van der Waals surface area contributed by atoms with E-state index >= 15 is 0 Å². The molecule has 2 heterocycles. The zero-order valence-corrected chi connectivity index (χ0v) is 10.9. The molecule has 2 aromatic heterocycles. The minimum Gasteiger partial charge on any atom is -0.409 e. The molecule has 3 N–H and O–H groups in total. The second-order valence-electron chi connectivity index (χ2n) is 3.98. The summed E-state index contributed by atoms with van der Waals surface area (Å²) < 4.78 is 3.57. The normalized spacial score (nSPS) is 12.1. The predicted octanol–water partition coefficient (Wildman–Crippen LogP) is 1.33. The summed E-state index contributed by atoms with van der Waals surface area (Å²) in [6.45, 7) is 2.36. The molecule has 0 aliphatic rings. The maximum atomic E-state index is 8.72. The van der Waals surface area contributed by atoms with Crippen LogP contribution < -0.4 is 5.73 Å². The van der Waals surface area contributed by atoms with Gasteiger partial charge in [0, 0.05) is 13.2 Å². The van der Waals surface area contributed by atoms with Crippen LogP contribution in [0.5, 0.6) is 0 Å². The molecule has 2 aromatic rings. The van der Waals surface area contributed by atoms with Crippen molar-refractivity contribution in [3.05, 3.63) is 40.4 Å². The van der Waals surface area contributed by atoms with Crippen LogP contribution in [0.2, 0.25) is 5.02 Å². The topological polar surface area (TPSA) is 81.4 Å². The first-order valence-corrected chi connectivity index (χ1v) is 5.73. The average molecular weight is 268 g/mol. The molecule has 0 radical (unpaired) electrons. The molecular formula is C11H14ClN5O. The Bertz CT molecular complexity index is 599. The fourth-order valence-electron chi connectivity index (χ4n) is 1.85. The molecule has 0 saturated carbocycles. The van der Waals surface area contributed by atoms with Gasteiger partial charge in [0.15, 0.2) is 5.84 Å². The van der Waals surface area contributed by atoms with Crippen molar-refractivity contribution in [2.75, 3.05) is 0 Å². The van der Waals surface area contributed by atoms with Crippen LogP contribution in [-0.4, -0.2) is 25.4 Å². The van der Waals surface area contributed by atoms with Crippen LogP contribution in [0, 0.1) is 6.92 Å². The van der Waals surface area contributed by atoms with E-state index in [1.165, 1.54) is 0 Å². The molecule has 7 heteroatoms. The number of nitrogens with two attached hydrogens (primary N) is 1. The van der Waals surface area contributed by atoms with Crippen LogP contribution in [0.25, 0.3) is 0 Å². The molecule has 0 unspecified atom stereocenters. The first-order valence-electron chi connectivity index (χ1n) is 5.35. The Morgan fingerprint density at radius 3 is 2.89 bits per heavy atom. The molecule has 18 heavy (non-hydrogen) atoms. The van der Waals surface area contributed by atoms with Gasteiger partial charge in [-0.1, -0.05) is 16.8 Å². The van der Waals surface area contributed by atoms with Gasteiger partial charge in [0.1, 0.15) is 0 Å². The van der Waals surface area contributed by atoms with Gasteiger partial charge in [0.2, 0.25) is 0 Å². The van der Waals surface area contributed by atoms with Crippen molar-refractivity contribution in [3.63, 3.8) is 0 Å². The van der Waals surface area contributed by atoms with Crippen molar-refractivity contribution in [1.82, 2.24) is 14.3 Å². The number of amidine groups is 1. The summed E-state index contributed by atoms with van der Waals surface area (Å²) in [7, 11) is 1.83. The molecule has 0 bridgehead atoms. The number of rotatable bonds is 3. The lowest BCUT2D eigenvalue weighted by Gasteiger charge is -2.08. The number of hydrogen-bond donors (Lipinski definition) is 2. The molecule has 0 amide bonds. The molecular weight excluding hydrogens is 254 g/mol. The molecule has 6 nitrogen and oxygen atoms in total. The molecule has 96 valence electrons. The van der Waals surface area contributed by atoms with Crippen LogP contribution in [0.15, 0.2) is 23.5 Å². The summed E-state index contributed by atoms with van der Waals surface area (Å²) in [5.74, 6) is 0.0648. The summed E-state index contributed by atoms with van der Waals surface area (Å²) in [4.78, 5) is 0. The Morgan fingerprint density at radius 1 is 1.61 bits per heavy atom. The molecule has 0 aliphatic heterocycles. The van der Waals surface area contributed by atoms with Gasteiger partial charge >= 0.3 is 0 Å². The Hall–Kier alpha value is -1.95. The minimum atomic E-state index is 0.0648. The van der Waals surface area contributed by atoms with Crippen LogP contribution in [-0.2, 0) is 13.6 Å². The van der Waals surface area contributed by atoms with E-state index in [2.05, 4.69) is 10.3 Å². The highest BCUT2D eigenvalue weighted by molar-refractivity contribution is 6.31. The molecule has 0 atom stereocenters. The number of hydrogen-bond acceptors (Lipinski definition) is 3. The second-order valence-corrected chi connectivity index (χ2v) is 4.35. The Kier molecular flexibility index (Phi) is 3.29. The summed E-state index contributed by atoms with van der Waals surface area (Å²) in [6, 6.07) is 3.59. The molecule has 0 aliphatic carbocycles. The highest BCUT2D eigenvalue weighted by Crippen LogP contribution is 2.21. The van der Waals surface area contributed by atoms with Gasteiger partial charge in [0.25, 0.3) is 0 Å². The lowest BCUT2D eigenvalue weighted by molar-refractivity contribution is 0.318. The Balaban J connectivity index is 2.38. The Labute approximate surface area is 109 Å². The van der Waals surface area contributed by atoms with Gasteiger partial charge < -0.3 is 15.5 Å². The highest BCUT2D eigenvalue weighted by atomic mass is 35.5. The van der Waals surface area contributed by atoms with Crippen LogP contribution >= 0.6 is 11.6 Å². The van der Waals surface area contributed by atoms with Crippen LogP contribution in [0.4, 0.5) is 0 Å². The second kappa shape index (κ2) is 4.73. The fraction of sp³-hybridized carbons (Fsp3) is 0.273. The lowest BCUT2D eigenvalue weighted by Crippen LogP contribution is -2.19. The predicted molar refractivity (Wildman–Crippen MR) is 69.0 cm³/mol. The third kappa shape index (κ3) is 2.06. The molecule has 0 fully saturated rings. The number of oxime groups is 1. The van der Waals surface area contributed by atoms with E-state index in [4.69, 9.17) is 22.5 Å². The van der Waals surface area contributed by atoms with Gasteiger partial charge in [-0.15, -0.1) is 0 Å². The van der Waals surface area contributed by atoms with Crippen molar-refractivity contribution >= 4 is 17.4 Å². The van der Waals surface area contributed by atoms with Crippen LogP contribution in [0.1, 0.15) is 17.1 Å². The molecule has 0 saturated heterocycles. The number of aromatic nitrogens is 3. The van der Waals surface area contributed by atoms with Crippen molar-refractivity contribution < 1.29 is 5.21 Å². The van der Waals surface area contributed by atoms with Crippen molar-refractivity contribution in [3.8, 4) is 0 Å². The zero-order valence-electron chi connectivity index (χ0n) is 10.1. The number of halogens is 1. The van der Waals surface area contributed by atoms with E-state index in [1.54, 1.807) is 10.7 Å². The van der Waals surface area contributed by atoms with E-state index in [-0.39, 0.29) is 5.84 Å². The maximum absolute atomic E-state index is 8.72. The smallest absolute Gasteiger partial charge is 0.186 e. The van der Waals surface area contributed by atoms with E-state index in [0.29, 0.717) is 17.3 Å². The first kappa shape index (κ1) is 12.5. The van der Waals surface area contributed by atoms with E-state index < -0.39 is 0 Å². The van der Waals surface area contributed by atoms with Crippen molar-refractivity contribution in [1.29, 1.82) is 0 Å². The van der Waals surface area contributed by atoms with Gasteiger partial charge in [-0.25, -0.2) is 0 Å². The standard InChI is InChI=1S/C11H14ClN5O/c1-7-10(12)9(16(2)14-7)6-17-5-3-4-8(17)11(13)15-18/h3-5,18H,6H2,1-2H3,(H2,13,15). The summed E-state index contributed by atoms with van der Waals surface area (Å²) in [5, 5.41) is 16.6. The van der Waals surface area contributed by atoms with Gasteiger partial charge in [-0.3, -0.25) is 4.68 Å². The third-order valence-corrected chi connectivity index (χ3v) is 3.27. The molecule has 0 aromatic carbocycles. The van der Waals surface area contributed by atoms with Crippen molar-refractivity contribution in [2.45, 2.75) is 13.5 Å². The van der Waals surface area contributed by atoms with Gasteiger partial charge in [-0.05, 0) is 19.1 Å². The zero-order chi connectivity index (χ0) is 13.3. The summed E-state index contributed by atoms with van der Waals surface area (Å²) >= 11 is 6.19. The molecule has 2 rings (SSSR count). The van der Waals surface area contributed by atoms with Crippen molar-refractivity contribution in [2.24, 2.45) is 17.9 Å². The summed E-state index contributed by atoms with van der Waals surface area (Å²) in [5.41, 5.74) is 7.89. The monoisotopic (exact) mass is 267 g/mol. The SMILES string of the molecule is Cc1nn(C)c(Cn2cccc2/C(N)=N/O)c1Cl. The highest BCUT2D eigenvalue weighted by Gasteiger charge is 2.13. The minimum absolute atomic E-state index is 0.0648. The number of aryl methyl sites for hydroxylation is 2. The summed E-state index contributed by atoms with van der Waals surface area (Å²) in [6.07, 6.45) is 1.84. The van der Waals surface area contributed by atoms with Crippen LogP contribution in [0.3, 0.4) is 0 Å². The fourth-order valence-corrected chi connectivity index (χ4v) is 2.07. The third-order valence-electron chi connectivity index (χ3n) is 2.78. The van der Waals surface area contributed by atoms with Gasteiger partial charge in [-0.2, -0.15) is 5.10 Å². The van der Waals surface area contributed by atoms with Gasteiger partial charge in [0.05, 0.1) is 28.6 Å². The lowest BCUT2D eigenvalue weighted by atomic mass is 10.3. The van der Waals surface area contributed by atoms with E-state index in [1.807, 2.05) is 30.8 Å². The van der Waals surface area contributed by atoms with E-state index in [0.717, 1.165) is 11.4 Å². The maximum Gasteiger partial charge on any atom is 0.186 e. The Morgan fingerprint density at radius 2 is 2.33 bits per heavy atom. The number of nitrogens with zero attached hydrogens (tertiary/aromatic N) is 4. The van der Waals surface area contributed by atoms with E-state index in [9.17, 15) is 0 Å². The quantitative estimate of drug-likeness (QED) is 0.381.